The SMILES string of the molecule is CC/C(=C\c1ccccc1)[C@@H]1C[C@H]1NC1CC2(CCN(Cc3ccc(C(=O)O)cc3)CC2)C1. The van der Waals surface area contributed by atoms with Crippen LogP contribution in [0.3, 0.4) is 0 Å². The lowest BCUT2D eigenvalue weighted by atomic mass is 9.60. The maximum Gasteiger partial charge on any atom is 0.335 e. The Balaban J connectivity index is 1.05. The van der Waals surface area contributed by atoms with E-state index in [-0.39, 0.29) is 0 Å². The highest BCUT2D eigenvalue weighted by Gasteiger charge is 2.49. The number of aromatic carboxylic acids is 1. The summed E-state index contributed by atoms with van der Waals surface area (Å²) in [5.74, 6) is -0.133. The summed E-state index contributed by atoms with van der Waals surface area (Å²) in [6, 6.07) is 19.5. The molecule has 2 aromatic rings. The molecule has 5 rings (SSSR count). The van der Waals surface area contributed by atoms with Gasteiger partial charge in [-0.3, -0.25) is 4.90 Å². The van der Waals surface area contributed by atoms with Gasteiger partial charge in [-0.25, -0.2) is 4.79 Å². The second-order valence-corrected chi connectivity index (χ2v) is 10.5. The number of hydrogen-bond donors (Lipinski definition) is 2. The number of benzene rings is 2. The van der Waals surface area contributed by atoms with Crippen molar-refractivity contribution < 1.29 is 9.90 Å². The average Bonchev–Trinajstić information content (AvgIpc) is 3.58. The van der Waals surface area contributed by atoms with E-state index in [1.165, 1.54) is 43.2 Å². The molecule has 4 nitrogen and oxygen atoms in total. The molecule has 1 heterocycles. The first kappa shape index (κ1) is 22.4. The van der Waals surface area contributed by atoms with Gasteiger partial charge in [0.15, 0.2) is 0 Å². The van der Waals surface area contributed by atoms with Gasteiger partial charge >= 0.3 is 5.97 Å². The van der Waals surface area contributed by atoms with Crippen LogP contribution in [0.4, 0.5) is 0 Å². The number of nitrogens with zero attached hydrogens (tertiary/aromatic N) is 1. The molecule has 0 radical (unpaired) electrons. The Kier molecular flexibility index (Phi) is 6.40. The predicted octanol–water partition coefficient (Wildman–Crippen LogP) is 5.60. The largest absolute Gasteiger partial charge is 0.478 e. The van der Waals surface area contributed by atoms with Crippen LogP contribution >= 0.6 is 0 Å². The van der Waals surface area contributed by atoms with Gasteiger partial charge in [-0.1, -0.05) is 61.0 Å². The van der Waals surface area contributed by atoms with Crippen LogP contribution in [0, 0.1) is 11.3 Å². The molecule has 33 heavy (non-hydrogen) atoms. The molecule has 2 aliphatic carbocycles. The first-order valence-corrected chi connectivity index (χ1v) is 12.6. The van der Waals surface area contributed by atoms with Crippen molar-refractivity contribution in [3.05, 3.63) is 76.9 Å². The topological polar surface area (TPSA) is 52.6 Å². The summed E-state index contributed by atoms with van der Waals surface area (Å²) in [6.07, 6.45) is 10.1. The fourth-order valence-corrected chi connectivity index (χ4v) is 6.03. The molecule has 2 saturated carbocycles. The summed E-state index contributed by atoms with van der Waals surface area (Å²) in [6.45, 7) is 5.52. The molecule has 2 N–H and O–H groups in total. The Morgan fingerprint density at radius 2 is 1.79 bits per heavy atom. The molecule has 0 unspecified atom stereocenters. The van der Waals surface area contributed by atoms with Crippen molar-refractivity contribution in [1.82, 2.24) is 10.2 Å². The summed E-state index contributed by atoms with van der Waals surface area (Å²) in [5, 5.41) is 13.0. The van der Waals surface area contributed by atoms with E-state index >= 15 is 0 Å². The normalized spacial score (nSPS) is 25.1. The van der Waals surface area contributed by atoms with Gasteiger partial charge in [0.1, 0.15) is 0 Å². The van der Waals surface area contributed by atoms with Gasteiger partial charge in [0.05, 0.1) is 5.56 Å². The quantitative estimate of drug-likeness (QED) is 0.556. The first-order valence-electron chi connectivity index (χ1n) is 12.6. The van der Waals surface area contributed by atoms with Gasteiger partial charge in [0.2, 0.25) is 0 Å². The highest BCUT2D eigenvalue weighted by molar-refractivity contribution is 5.87. The third kappa shape index (κ3) is 5.23. The van der Waals surface area contributed by atoms with Crippen LogP contribution in [-0.4, -0.2) is 41.1 Å². The summed E-state index contributed by atoms with van der Waals surface area (Å²) < 4.78 is 0. The molecule has 1 spiro atoms. The van der Waals surface area contributed by atoms with E-state index in [1.54, 1.807) is 17.7 Å². The van der Waals surface area contributed by atoms with Gasteiger partial charge in [0.25, 0.3) is 0 Å². The van der Waals surface area contributed by atoms with Gasteiger partial charge < -0.3 is 10.4 Å². The summed E-state index contributed by atoms with van der Waals surface area (Å²) in [7, 11) is 0. The van der Waals surface area contributed by atoms with Crippen LogP contribution in [0.1, 0.15) is 66.9 Å². The maximum absolute atomic E-state index is 11.0. The Morgan fingerprint density at radius 1 is 1.09 bits per heavy atom. The second kappa shape index (κ2) is 9.44. The lowest BCUT2D eigenvalue weighted by molar-refractivity contribution is 0.00296. The molecule has 1 saturated heterocycles. The molecular formula is C29H36N2O2. The number of piperidine rings is 1. The van der Waals surface area contributed by atoms with Crippen molar-refractivity contribution in [3.8, 4) is 0 Å². The minimum atomic E-state index is -0.856. The Bertz CT molecular complexity index is 982. The first-order chi connectivity index (χ1) is 16.0. The molecule has 4 heteroatoms. The van der Waals surface area contributed by atoms with E-state index < -0.39 is 5.97 Å². The predicted molar refractivity (Wildman–Crippen MR) is 133 cm³/mol. The number of hydrogen-bond acceptors (Lipinski definition) is 3. The number of rotatable bonds is 8. The number of carboxylic acid groups (broad SMARTS) is 1. The third-order valence-corrected chi connectivity index (χ3v) is 8.16. The van der Waals surface area contributed by atoms with Gasteiger partial charge in [-0.05, 0) is 86.2 Å². The summed E-state index contributed by atoms with van der Waals surface area (Å²) >= 11 is 0. The number of nitrogens with one attached hydrogen (secondary N) is 1. The van der Waals surface area contributed by atoms with Crippen molar-refractivity contribution in [2.45, 2.75) is 64.1 Å². The summed E-state index contributed by atoms with van der Waals surface area (Å²) in [5.41, 5.74) is 5.05. The molecule has 0 bridgehead atoms. The number of carboxylic acids is 1. The third-order valence-electron chi connectivity index (χ3n) is 8.16. The van der Waals surface area contributed by atoms with Gasteiger partial charge in [-0.15, -0.1) is 0 Å². The van der Waals surface area contributed by atoms with Crippen molar-refractivity contribution >= 4 is 12.0 Å². The van der Waals surface area contributed by atoms with E-state index in [0.29, 0.717) is 23.1 Å². The number of likely N-dealkylation sites (tertiary alicyclic amines) is 1. The smallest absolute Gasteiger partial charge is 0.335 e. The maximum atomic E-state index is 11.0. The molecule has 0 amide bonds. The Labute approximate surface area is 197 Å². The van der Waals surface area contributed by atoms with E-state index in [1.807, 2.05) is 12.1 Å². The zero-order valence-corrected chi connectivity index (χ0v) is 19.7. The minimum Gasteiger partial charge on any atom is -0.478 e. The highest BCUT2D eigenvalue weighted by atomic mass is 16.4. The second-order valence-electron chi connectivity index (χ2n) is 10.5. The van der Waals surface area contributed by atoms with E-state index in [0.717, 1.165) is 32.0 Å². The Hall–Kier alpha value is -2.43. The van der Waals surface area contributed by atoms with Crippen molar-refractivity contribution in [2.75, 3.05) is 13.1 Å². The molecular weight excluding hydrogens is 408 g/mol. The molecule has 1 aliphatic heterocycles. The molecule has 174 valence electrons. The van der Waals surface area contributed by atoms with Crippen molar-refractivity contribution in [1.29, 1.82) is 0 Å². The van der Waals surface area contributed by atoms with Crippen LogP contribution in [0.25, 0.3) is 6.08 Å². The van der Waals surface area contributed by atoms with Gasteiger partial charge in [0, 0.05) is 18.6 Å². The van der Waals surface area contributed by atoms with Gasteiger partial charge in [-0.2, -0.15) is 0 Å². The fraction of sp³-hybridized carbons (Fsp3) is 0.483. The van der Waals surface area contributed by atoms with E-state index in [4.69, 9.17) is 5.11 Å². The highest BCUT2D eigenvalue weighted by Crippen LogP contribution is 2.51. The van der Waals surface area contributed by atoms with Crippen LogP contribution in [-0.2, 0) is 6.54 Å². The van der Waals surface area contributed by atoms with Crippen LogP contribution in [0.2, 0.25) is 0 Å². The molecule has 3 fully saturated rings. The number of carbonyl (C=O) groups is 1. The van der Waals surface area contributed by atoms with Crippen molar-refractivity contribution in [3.63, 3.8) is 0 Å². The lowest BCUT2D eigenvalue weighted by Crippen LogP contribution is -2.54. The van der Waals surface area contributed by atoms with Crippen LogP contribution < -0.4 is 5.32 Å². The van der Waals surface area contributed by atoms with Crippen LogP contribution in [0.5, 0.6) is 0 Å². The van der Waals surface area contributed by atoms with E-state index in [9.17, 15) is 4.79 Å². The average molecular weight is 445 g/mol. The fourth-order valence-electron chi connectivity index (χ4n) is 6.03. The minimum absolute atomic E-state index is 0.365. The zero-order valence-electron chi connectivity index (χ0n) is 19.7. The zero-order chi connectivity index (χ0) is 22.8. The Morgan fingerprint density at radius 3 is 2.42 bits per heavy atom. The summed E-state index contributed by atoms with van der Waals surface area (Å²) in [4.78, 5) is 13.6. The monoisotopic (exact) mass is 444 g/mol. The van der Waals surface area contributed by atoms with Crippen LogP contribution in [0.15, 0.2) is 60.2 Å². The van der Waals surface area contributed by atoms with Crippen molar-refractivity contribution in [2.24, 2.45) is 11.3 Å². The standard InChI is InChI=1S/C29H36N2O2/c1-2-23(16-21-6-4-3-5-7-21)26-17-27(26)30-25-18-29(19-25)12-14-31(15-13-29)20-22-8-10-24(11-9-22)28(32)33/h3-11,16,25-27,30H,2,12-15,17-20H2,1H3,(H,32,33)/b23-16+/t26-,27+/m0/s1. The molecule has 0 aromatic heterocycles. The molecule has 3 aliphatic rings. The molecule has 2 atom stereocenters. The molecule has 2 aromatic carbocycles. The lowest BCUT2D eigenvalue weighted by Gasteiger charge is -2.52. The van der Waals surface area contributed by atoms with E-state index in [2.05, 4.69) is 53.5 Å².